The molecule has 0 radical (unpaired) electrons. The lowest BCUT2D eigenvalue weighted by Gasteiger charge is -2.35. The summed E-state index contributed by atoms with van der Waals surface area (Å²) < 4.78 is 0. The van der Waals surface area contributed by atoms with Gasteiger partial charge in [-0.2, -0.15) is 0 Å². The molecule has 1 aromatic carbocycles. The molecule has 0 amide bonds. The van der Waals surface area contributed by atoms with Gasteiger partial charge in [-0.05, 0) is 43.0 Å². The zero-order chi connectivity index (χ0) is 12.4. The molecule has 0 saturated heterocycles. The van der Waals surface area contributed by atoms with Crippen LogP contribution in [-0.2, 0) is 0 Å². The van der Waals surface area contributed by atoms with E-state index >= 15 is 0 Å². The normalized spacial score (nSPS) is 17.6. The molecule has 1 aliphatic carbocycles. The lowest BCUT2D eigenvalue weighted by molar-refractivity contribution is 0.234. The maximum Gasteiger partial charge on any atom is 0.0705 e. The highest BCUT2D eigenvalue weighted by atomic mass is 14.9. The molecule has 1 N–H and O–H groups in total. The van der Waals surface area contributed by atoms with Crippen LogP contribution in [0.2, 0.25) is 0 Å². The number of nitrogens with one attached hydrogen (secondary N) is 1. The summed E-state index contributed by atoms with van der Waals surface area (Å²) in [4.78, 5) is 4.46. The number of hydrogen-bond acceptors (Lipinski definition) is 2. The molecule has 1 aromatic heterocycles. The van der Waals surface area contributed by atoms with Crippen LogP contribution in [0.25, 0.3) is 10.9 Å². The van der Waals surface area contributed by atoms with Crippen LogP contribution in [0.3, 0.4) is 0 Å². The van der Waals surface area contributed by atoms with Crippen molar-refractivity contribution in [2.45, 2.75) is 32.2 Å². The summed E-state index contributed by atoms with van der Waals surface area (Å²) in [6, 6.07) is 11.2. The predicted molar refractivity (Wildman–Crippen MR) is 75.5 cm³/mol. The molecule has 2 heteroatoms. The first-order chi connectivity index (χ1) is 8.90. The van der Waals surface area contributed by atoms with Crippen LogP contribution < -0.4 is 5.32 Å². The highest BCUT2D eigenvalue weighted by molar-refractivity contribution is 5.82. The van der Waals surface area contributed by atoms with Crippen molar-refractivity contribution in [3.8, 4) is 0 Å². The second kappa shape index (κ2) is 5.07. The number of aromatic nitrogens is 1. The van der Waals surface area contributed by atoms with Crippen molar-refractivity contribution in [3.05, 3.63) is 42.1 Å². The Morgan fingerprint density at radius 2 is 2.17 bits per heavy atom. The number of benzene rings is 1. The number of hydrogen-bond donors (Lipinski definition) is 1. The fourth-order valence-electron chi connectivity index (χ4n) is 2.92. The van der Waals surface area contributed by atoms with E-state index in [0.717, 1.165) is 18.0 Å². The van der Waals surface area contributed by atoms with Crippen LogP contribution in [0.4, 0.5) is 0 Å². The molecule has 1 heterocycles. The maximum absolute atomic E-state index is 4.46. The van der Waals surface area contributed by atoms with Gasteiger partial charge in [0, 0.05) is 17.6 Å². The van der Waals surface area contributed by atoms with Crippen LogP contribution in [0.5, 0.6) is 0 Å². The average Bonchev–Trinajstić information content (AvgIpc) is 2.35. The second-order valence-corrected chi connectivity index (χ2v) is 5.14. The average molecular weight is 240 g/mol. The van der Waals surface area contributed by atoms with Crippen molar-refractivity contribution in [1.29, 1.82) is 0 Å². The van der Waals surface area contributed by atoms with Gasteiger partial charge < -0.3 is 5.32 Å². The van der Waals surface area contributed by atoms with Gasteiger partial charge in [-0.3, -0.25) is 4.98 Å². The molecule has 1 aliphatic rings. The smallest absolute Gasteiger partial charge is 0.0705 e. The van der Waals surface area contributed by atoms with E-state index in [1.54, 1.807) is 0 Å². The van der Waals surface area contributed by atoms with Gasteiger partial charge in [-0.1, -0.05) is 31.5 Å². The fourth-order valence-corrected chi connectivity index (χ4v) is 2.92. The zero-order valence-corrected chi connectivity index (χ0v) is 10.9. The molecule has 1 atom stereocenters. The van der Waals surface area contributed by atoms with Crippen molar-refractivity contribution >= 4 is 10.9 Å². The highest BCUT2D eigenvalue weighted by Crippen LogP contribution is 2.39. The van der Waals surface area contributed by atoms with Gasteiger partial charge >= 0.3 is 0 Å². The first-order valence-corrected chi connectivity index (χ1v) is 6.97. The quantitative estimate of drug-likeness (QED) is 0.881. The summed E-state index contributed by atoms with van der Waals surface area (Å²) in [5, 5.41) is 4.97. The Labute approximate surface area is 108 Å². The summed E-state index contributed by atoms with van der Waals surface area (Å²) in [7, 11) is 0. The minimum absolute atomic E-state index is 0.497. The van der Waals surface area contributed by atoms with E-state index in [1.165, 1.54) is 30.2 Å². The van der Waals surface area contributed by atoms with Gasteiger partial charge in [0.05, 0.1) is 5.52 Å². The van der Waals surface area contributed by atoms with Gasteiger partial charge in [0.1, 0.15) is 0 Å². The van der Waals surface area contributed by atoms with Crippen LogP contribution in [0, 0.1) is 5.92 Å². The van der Waals surface area contributed by atoms with Crippen LogP contribution in [0.1, 0.15) is 37.8 Å². The standard InChI is InChI=1S/C16H20N2/c1-2-17-16(12-6-3-7-12)14-8-4-10-15-13(14)9-5-11-18-15/h4-5,8-12,16-17H,2-3,6-7H2,1H3. The third kappa shape index (κ3) is 2.01. The van der Waals surface area contributed by atoms with E-state index in [4.69, 9.17) is 0 Å². The monoisotopic (exact) mass is 240 g/mol. The Kier molecular flexibility index (Phi) is 3.28. The third-order valence-electron chi connectivity index (χ3n) is 4.06. The SMILES string of the molecule is CCNC(c1cccc2ncccc12)C1CCC1. The lowest BCUT2D eigenvalue weighted by atomic mass is 9.76. The lowest BCUT2D eigenvalue weighted by Crippen LogP contribution is -2.32. The summed E-state index contributed by atoms with van der Waals surface area (Å²) in [6.07, 6.45) is 5.97. The Bertz CT molecular complexity index is 526. The molecule has 1 unspecified atom stereocenters. The molecule has 2 aromatic rings. The van der Waals surface area contributed by atoms with Gasteiger partial charge in [0.25, 0.3) is 0 Å². The fraction of sp³-hybridized carbons (Fsp3) is 0.438. The first-order valence-electron chi connectivity index (χ1n) is 6.97. The van der Waals surface area contributed by atoms with E-state index in [2.05, 4.69) is 41.5 Å². The first kappa shape index (κ1) is 11.7. The summed E-state index contributed by atoms with van der Waals surface area (Å²) in [6.45, 7) is 3.22. The molecule has 1 saturated carbocycles. The van der Waals surface area contributed by atoms with Crippen molar-refractivity contribution < 1.29 is 0 Å². The molecule has 1 fully saturated rings. The number of pyridine rings is 1. The molecular weight excluding hydrogens is 220 g/mol. The van der Waals surface area contributed by atoms with E-state index in [9.17, 15) is 0 Å². The van der Waals surface area contributed by atoms with E-state index in [-0.39, 0.29) is 0 Å². The minimum Gasteiger partial charge on any atom is -0.310 e. The minimum atomic E-state index is 0.497. The molecule has 0 aliphatic heterocycles. The van der Waals surface area contributed by atoms with Gasteiger partial charge in [0.2, 0.25) is 0 Å². The molecule has 94 valence electrons. The van der Waals surface area contributed by atoms with E-state index < -0.39 is 0 Å². The van der Waals surface area contributed by atoms with Gasteiger partial charge in [-0.15, -0.1) is 0 Å². The van der Waals surface area contributed by atoms with Crippen LogP contribution in [0.15, 0.2) is 36.5 Å². The van der Waals surface area contributed by atoms with Gasteiger partial charge in [-0.25, -0.2) is 0 Å². The predicted octanol–water partition coefficient (Wildman–Crippen LogP) is 3.69. The van der Waals surface area contributed by atoms with Crippen LogP contribution >= 0.6 is 0 Å². The summed E-state index contributed by atoms with van der Waals surface area (Å²) in [5.74, 6) is 0.802. The molecule has 18 heavy (non-hydrogen) atoms. The van der Waals surface area contributed by atoms with Crippen molar-refractivity contribution in [2.75, 3.05) is 6.54 Å². The Hall–Kier alpha value is -1.41. The molecule has 0 spiro atoms. The van der Waals surface area contributed by atoms with Crippen molar-refractivity contribution in [2.24, 2.45) is 5.92 Å². The summed E-state index contributed by atoms with van der Waals surface area (Å²) in [5.41, 5.74) is 2.53. The van der Waals surface area contributed by atoms with Gasteiger partial charge in [0.15, 0.2) is 0 Å². The molecule has 3 rings (SSSR count). The third-order valence-corrected chi connectivity index (χ3v) is 4.06. The van der Waals surface area contributed by atoms with Crippen LogP contribution in [-0.4, -0.2) is 11.5 Å². The second-order valence-electron chi connectivity index (χ2n) is 5.14. The number of fused-ring (bicyclic) bond motifs is 1. The molecule has 0 bridgehead atoms. The maximum atomic E-state index is 4.46. The Balaban J connectivity index is 2.04. The Morgan fingerprint density at radius 3 is 2.89 bits per heavy atom. The number of nitrogens with zero attached hydrogens (tertiary/aromatic N) is 1. The molecule has 2 nitrogen and oxygen atoms in total. The van der Waals surface area contributed by atoms with E-state index in [0.29, 0.717) is 6.04 Å². The Morgan fingerprint density at radius 1 is 1.28 bits per heavy atom. The van der Waals surface area contributed by atoms with Crippen molar-refractivity contribution in [3.63, 3.8) is 0 Å². The summed E-state index contributed by atoms with van der Waals surface area (Å²) >= 11 is 0. The van der Waals surface area contributed by atoms with E-state index in [1.807, 2.05) is 12.3 Å². The topological polar surface area (TPSA) is 24.9 Å². The number of rotatable bonds is 4. The highest BCUT2D eigenvalue weighted by Gasteiger charge is 2.28. The zero-order valence-electron chi connectivity index (χ0n) is 10.9. The van der Waals surface area contributed by atoms with Crippen molar-refractivity contribution in [1.82, 2.24) is 10.3 Å². The molecular formula is C16H20N2. The largest absolute Gasteiger partial charge is 0.310 e.